The van der Waals surface area contributed by atoms with Crippen molar-refractivity contribution in [2.75, 3.05) is 43.4 Å². The molecule has 0 spiro atoms. The van der Waals surface area contributed by atoms with Crippen LogP contribution in [-0.2, 0) is 0 Å². The van der Waals surface area contributed by atoms with Crippen molar-refractivity contribution in [3.05, 3.63) is 53.6 Å². The van der Waals surface area contributed by atoms with Crippen molar-refractivity contribution < 1.29 is 4.90 Å². The van der Waals surface area contributed by atoms with Crippen molar-refractivity contribution in [3.8, 4) is 0 Å². The first-order valence-electron chi connectivity index (χ1n) is 8.55. The number of piperazine rings is 1. The Hall–Kier alpha value is -2.37. The summed E-state index contributed by atoms with van der Waals surface area (Å²) in [5, 5.41) is 5.11. The van der Waals surface area contributed by atoms with Gasteiger partial charge in [0.15, 0.2) is 0 Å². The normalized spacial score (nSPS) is 15.5. The molecule has 0 radical (unpaired) electrons. The van der Waals surface area contributed by atoms with Crippen LogP contribution in [0.1, 0.15) is 0 Å². The molecule has 3 aromatic rings. The van der Waals surface area contributed by atoms with Gasteiger partial charge in [0.25, 0.3) is 0 Å². The van der Waals surface area contributed by atoms with Crippen LogP contribution in [0.15, 0.2) is 48.5 Å². The van der Waals surface area contributed by atoms with Crippen molar-refractivity contribution >= 4 is 40.0 Å². The number of halogens is 1. The topological polar surface area (TPSA) is 45.5 Å². The van der Waals surface area contributed by atoms with Crippen LogP contribution in [-0.4, -0.2) is 43.2 Å². The van der Waals surface area contributed by atoms with Gasteiger partial charge in [0, 0.05) is 16.1 Å². The molecule has 1 fully saturated rings. The maximum absolute atomic E-state index is 5.96. The zero-order chi connectivity index (χ0) is 17.2. The molecule has 5 nitrogen and oxygen atoms in total. The van der Waals surface area contributed by atoms with E-state index in [1.54, 1.807) is 4.90 Å². The van der Waals surface area contributed by atoms with Crippen LogP contribution in [0.5, 0.6) is 0 Å². The lowest BCUT2D eigenvalue weighted by molar-refractivity contribution is -0.880. The number of hydrogen-bond acceptors (Lipinski definition) is 4. The highest BCUT2D eigenvalue weighted by atomic mass is 35.5. The second-order valence-corrected chi connectivity index (χ2v) is 6.90. The minimum Gasteiger partial charge on any atom is -0.345 e. The molecule has 1 aliphatic heterocycles. The highest BCUT2D eigenvalue weighted by Gasteiger charge is 2.21. The van der Waals surface area contributed by atoms with Crippen molar-refractivity contribution in [3.63, 3.8) is 0 Å². The van der Waals surface area contributed by atoms with E-state index in [0.717, 1.165) is 48.6 Å². The zero-order valence-corrected chi connectivity index (χ0v) is 14.9. The predicted molar refractivity (Wildman–Crippen MR) is 103 cm³/mol. The average molecular weight is 355 g/mol. The Morgan fingerprint density at radius 3 is 2.48 bits per heavy atom. The monoisotopic (exact) mass is 354 g/mol. The van der Waals surface area contributed by atoms with Crippen LogP contribution in [0.3, 0.4) is 0 Å². The van der Waals surface area contributed by atoms with Crippen molar-refractivity contribution in [1.29, 1.82) is 0 Å². The van der Waals surface area contributed by atoms with Gasteiger partial charge in [0.1, 0.15) is 5.82 Å². The molecular formula is C19H21ClN5+. The highest BCUT2D eigenvalue weighted by Crippen LogP contribution is 2.26. The lowest BCUT2D eigenvalue weighted by atomic mass is 10.2. The first-order chi connectivity index (χ1) is 12.2. The lowest BCUT2D eigenvalue weighted by Gasteiger charge is -2.31. The highest BCUT2D eigenvalue weighted by molar-refractivity contribution is 6.30. The molecule has 0 atom stereocenters. The molecule has 1 saturated heterocycles. The third-order valence-corrected chi connectivity index (χ3v) is 4.85. The molecule has 25 heavy (non-hydrogen) atoms. The number of fused-ring (bicyclic) bond motifs is 1. The smallest absolute Gasteiger partial charge is 0.229 e. The second-order valence-electron chi connectivity index (χ2n) is 6.46. The van der Waals surface area contributed by atoms with E-state index >= 15 is 0 Å². The van der Waals surface area contributed by atoms with E-state index in [4.69, 9.17) is 16.6 Å². The molecule has 1 aliphatic rings. The van der Waals surface area contributed by atoms with Crippen molar-refractivity contribution in [2.24, 2.45) is 0 Å². The van der Waals surface area contributed by atoms with Crippen LogP contribution >= 0.6 is 11.6 Å². The van der Waals surface area contributed by atoms with Gasteiger partial charge in [0.2, 0.25) is 5.95 Å². The van der Waals surface area contributed by atoms with Crippen LogP contribution in [0.2, 0.25) is 5.02 Å². The minimum absolute atomic E-state index is 0.613. The first-order valence-corrected chi connectivity index (χ1v) is 8.92. The average Bonchev–Trinajstić information content (AvgIpc) is 2.64. The van der Waals surface area contributed by atoms with Gasteiger partial charge in [-0.25, -0.2) is 4.98 Å². The Labute approximate surface area is 152 Å². The molecule has 2 aromatic carbocycles. The van der Waals surface area contributed by atoms with Gasteiger partial charge >= 0.3 is 0 Å². The van der Waals surface area contributed by atoms with E-state index in [1.165, 1.54) is 0 Å². The third kappa shape index (κ3) is 3.52. The summed E-state index contributed by atoms with van der Waals surface area (Å²) in [7, 11) is 2.24. The Kier molecular flexibility index (Phi) is 4.42. The molecule has 0 aliphatic carbocycles. The number of likely N-dealkylation sites (N-methyl/N-ethyl adjacent to an activating group) is 1. The quantitative estimate of drug-likeness (QED) is 0.758. The number of nitrogens with one attached hydrogen (secondary N) is 2. The maximum Gasteiger partial charge on any atom is 0.229 e. The number of para-hydroxylation sites is 1. The van der Waals surface area contributed by atoms with Crippen molar-refractivity contribution in [2.45, 2.75) is 0 Å². The van der Waals surface area contributed by atoms with E-state index in [9.17, 15) is 0 Å². The van der Waals surface area contributed by atoms with E-state index in [2.05, 4.69) is 28.3 Å². The number of aromatic nitrogens is 2. The van der Waals surface area contributed by atoms with Gasteiger partial charge in [-0.3, -0.25) is 0 Å². The minimum atomic E-state index is 0.613. The Balaban J connectivity index is 1.71. The molecule has 0 amide bonds. The van der Waals surface area contributed by atoms with Crippen molar-refractivity contribution in [1.82, 2.24) is 9.97 Å². The summed E-state index contributed by atoms with van der Waals surface area (Å²) in [6.07, 6.45) is 0. The molecule has 2 N–H and O–H groups in total. The summed E-state index contributed by atoms with van der Waals surface area (Å²) < 4.78 is 0. The zero-order valence-electron chi connectivity index (χ0n) is 14.2. The van der Waals surface area contributed by atoms with Gasteiger partial charge in [-0.05, 0) is 36.4 Å². The van der Waals surface area contributed by atoms with E-state index in [-0.39, 0.29) is 0 Å². The van der Waals surface area contributed by atoms with Crippen LogP contribution in [0.25, 0.3) is 10.9 Å². The summed E-state index contributed by atoms with van der Waals surface area (Å²) in [5.74, 6) is 1.62. The third-order valence-electron chi connectivity index (χ3n) is 4.60. The van der Waals surface area contributed by atoms with Gasteiger partial charge in [-0.1, -0.05) is 23.7 Å². The van der Waals surface area contributed by atoms with E-state index in [1.807, 2.05) is 42.5 Å². The van der Waals surface area contributed by atoms with Gasteiger partial charge < -0.3 is 15.1 Å². The largest absolute Gasteiger partial charge is 0.345 e. The first kappa shape index (κ1) is 16.1. The SMILES string of the molecule is C[NH+]1CCN(c2nc(Nc3ccc(Cl)cc3)nc3ccccc23)CC1. The number of anilines is 3. The molecule has 0 unspecified atom stereocenters. The van der Waals surface area contributed by atoms with Crippen LogP contribution in [0.4, 0.5) is 17.5 Å². The fourth-order valence-electron chi connectivity index (χ4n) is 3.12. The lowest BCUT2D eigenvalue weighted by Crippen LogP contribution is -3.12. The summed E-state index contributed by atoms with van der Waals surface area (Å²) in [6.45, 7) is 4.26. The van der Waals surface area contributed by atoms with Crippen LogP contribution in [0, 0.1) is 0 Å². The Bertz CT molecular complexity index is 873. The molecular weight excluding hydrogens is 334 g/mol. The summed E-state index contributed by atoms with van der Waals surface area (Å²) in [4.78, 5) is 13.4. The fraction of sp³-hybridized carbons (Fsp3) is 0.263. The molecule has 2 heterocycles. The van der Waals surface area contributed by atoms with Crippen LogP contribution < -0.4 is 15.1 Å². The van der Waals surface area contributed by atoms with E-state index < -0.39 is 0 Å². The number of rotatable bonds is 3. The fourth-order valence-corrected chi connectivity index (χ4v) is 3.25. The standard InChI is InChI=1S/C19H20ClN5/c1-24-10-12-25(13-11-24)18-16-4-2-3-5-17(16)22-19(23-18)21-15-8-6-14(20)7-9-15/h2-9H,10-13H2,1H3,(H,21,22,23)/p+1. The molecule has 6 heteroatoms. The Morgan fingerprint density at radius 1 is 1.00 bits per heavy atom. The predicted octanol–water partition coefficient (Wildman–Crippen LogP) is 2.36. The maximum atomic E-state index is 5.96. The molecule has 128 valence electrons. The van der Waals surface area contributed by atoms with Gasteiger partial charge in [-0.2, -0.15) is 4.98 Å². The summed E-state index contributed by atoms with van der Waals surface area (Å²) in [5.41, 5.74) is 1.88. The number of nitrogens with zero attached hydrogens (tertiary/aromatic N) is 3. The molecule has 1 aromatic heterocycles. The van der Waals surface area contributed by atoms with Gasteiger partial charge in [-0.15, -0.1) is 0 Å². The Morgan fingerprint density at radius 2 is 1.72 bits per heavy atom. The van der Waals surface area contributed by atoms with Gasteiger partial charge in [0.05, 0.1) is 38.7 Å². The number of quaternary nitrogens is 1. The van der Waals surface area contributed by atoms with E-state index in [0.29, 0.717) is 11.0 Å². The second kappa shape index (κ2) is 6.86. The molecule has 4 rings (SSSR count). The number of benzene rings is 2. The molecule has 0 saturated carbocycles. The molecule has 0 bridgehead atoms. The summed E-state index contributed by atoms with van der Waals surface area (Å²) in [6, 6.07) is 15.8. The number of hydrogen-bond donors (Lipinski definition) is 2. The summed E-state index contributed by atoms with van der Waals surface area (Å²) >= 11 is 5.96.